The van der Waals surface area contributed by atoms with Crippen molar-refractivity contribution in [2.24, 2.45) is 0 Å². The fourth-order valence-corrected chi connectivity index (χ4v) is 10.3. The molecule has 0 saturated carbocycles. The van der Waals surface area contributed by atoms with Crippen molar-refractivity contribution in [1.82, 2.24) is 0 Å². The highest BCUT2D eigenvalue weighted by atomic mass is 31.1. The predicted molar refractivity (Wildman–Crippen MR) is 211 cm³/mol. The molecule has 0 unspecified atom stereocenters. The van der Waals surface area contributed by atoms with Crippen LogP contribution in [0.15, 0.2) is 72.8 Å². The summed E-state index contributed by atoms with van der Waals surface area (Å²) in [7, 11) is -0.765. The number of benzene rings is 3. The molecule has 3 aromatic rings. The molecule has 3 rings (SSSR count). The molecule has 0 spiro atoms. The van der Waals surface area contributed by atoms with Gasteiger partial charge in [-0.2, -0.15) is 0 Å². The van der Waals surface area contributed by atoms with Crippen molar-refractivity contribution in [2.45, 2.75) is 158 Å². The highest BCUT2D eigenvalue weighted by Gasteiger charge is 2.34. The summed E-state index contributed by atoms with van der Waals surface area (Å²) in [5, 5.41) is 4.11. The van der Waals surface area contributed by atoms with E-state index in [0.29, 0.717) is 0 Å². The van der Waals surface area contributed by atoms with Crippen LogP contribution >= 0.6 is 7.92 Å². The molecule has 4 heteroatoms. The molecule has 0 aliphatic heterocycles. The average molecular weight is 644 g/mol. The van der Waals surface area contributed by atoms with Crippen molar-refractivity contribution in [2.75, 3.05) is 14.7 Å². The molecule has 46 heavy (non-hydrogen) atoms. The molecule has 3 nitrogen and oxygen atoms in total. The molecule has 0 bridgehead atoms. The molecule has 0 atom stereocenters. The molecule has 0 aromatic heterocycles. The van der Waals surface area contributed by atoms with Crippen LogP contribution in [-0.2, 0) is 0 Å². The Morgan fingerprint density at radius 2 is 0.435 bits per heavy atom. The Hall–Kier alpha value is -2.51. The van der Waals surface area contributed by atoms with Crippen LogP contribution in [-0.4, -0.2) is 33.2 Å². The maximum absolute atomic E-state index is 2.54. The minimum Gasteiger partial charge on any atom is -0.362 e. The van der Waals surface area contributed by atoms with Gasteiger partial charge in [-0.25, -0.2) is 0 Å². The number of nitrogens with zero attached hydrogens (tertiary/aromatic N) is 3. The second kappa shape index (κ2) is 12.8. The van der Waals surface area contributed by atoms with Gasteiger partial charge in [0.2, 0.25) is 0 Å². The first-order chi connectivity index (χ1) is 20.6. The third-order valence-electron chi connectivity index (χ3n) is 8.12. The summed E-state index contributed by atoms with van der Waals surface area (Å²) in [6.45, 7) is 41.5. The first kappa shape index (κ1) is 37.9. The third-order valence-corrected chi connectivity index (χ3v) is 10.6. The summed E-state index contributed by atoms with van der Waals surface area (Å²) in [4.78, 5) is 7.62. The van der Waals surface area contributed by atoms with Crippen LogP contribution in [0.2, 0.25) is 0 Å². The number of hydrogen-bond acceptors (Lipinski definition) is 3. The third kappa shape index (κ3) is 8.89. The summed E-state index contributed by atoms with van der Waals surface area (Å²) in [6.07, 6.45) is 0. The first-order valence-electron chi connectivity index (χ1n) is 17.1. The zero-order valence-electron chi connectivity index (χ0n) is 32.7. The Morgan fingerprint density at radius 3 is 0.565 bits per heavy atom. The van der Waals surface area contributed by atoms with E-state index in [1.807, 2.05) is 0 Å². The molecule has 0 aliphatic carbocycles. The van der Waals surface area contributed by atoms with E-state index in [1.165, 1.54) is 33.0 Å². The van der Waals surface area contributed by atoms with Crippen LogP contribution in [0.1, 0.15) is 125 Å². The second-order valence-corrected chi connectivity index (χ2v) is 21.1. The molecular formula is C42H66N3P. The second-order valence-electron chi connectivity index (χ2n) is 18.9. The number of hydrogen-bond donors (Lipinski definition) is 0. The van der Waals surface area contributed by atoms with Gasteiger partial charge in [0.05, 0.1) is 0 Å². The van der Waals surface area contributed by atoms with Crippen LogP contribution < -0.4 is 30.6 Å². The molecule has 0 fully saturated rings. The Kier molecular flexibility index (Phi) is 10.6. The standard InChI is InChI=1S/C42H66N3P/c1-37(2,3)43(38(4,5)6)31-19-25-34(26-20-31)46(35-27-21-32(22-28-35)44(39(7,8)9)40(10,11)12)36-29-23-33(24-30-36)45(41(13,14)15)42(16,17)18/h19-30H,1-18H3. The minimum atomic E-state index is -0.765. The molecular weight excluding hydrogens is 577 g/mol. The van der Waals surface area contributed by atoms with E-state index in [2.05, 4.69) is 212 Å². The average Bonchev–Trinajstić information content (AvgIpc) is 2.82. The van der Waals surface area contributed by atoms with Crippen molar-refractivity contribution in [3.05, 3.63) is 72.8 Å². The van der Waals surface area contributed by atoms with Gasteiger partial charge >= 0.3 is 0 Å². The molecule has 0 amide bonds. The van der Waals surface area contributed by atoms with Crippen molar-refractivity contribution in [1.29, 1.82) is 0 Å². The van der Waals surface area contributed by atoms with E-state index in [1.54, 1.807) is 0 Å². The lowest BCUT2D eigenvalue weighted by Crippen LogP contribution is -2.53. The fourth-order valence-electron chi connectivity index (χ4n) is 8.04. The summed E-state index contributed by atoms with van der Waals surface area (Å²) >= 11 is 0. The van der Waals surface area contributed by atoms with Gasteiger partial charge in [0.15, 0.2) is 0 Å². The van der Waals surface area contributed by atoms with E-state index in [9.17, 15) is 0 Å². The quantitative estimate of drug-likeness (QED) is 0.248. The lowest BCUT2D eigenvalue weighted by Gasteiger charge is -2.47. The SMILES string of the molecule is CC(C)(C)N(c1ccc(P(c2ccc(N(C(C)(C)C)C(C)(C)C)cc2)c2ccc(N(C(C)(C)C)C(C)(C)C)cc2)cc1)C(C)(C)C. The lowest BCUT2D eigenvalue weighted by atomic mass is 9.95. The van der Waals surface area contributed by atoms with Gasteiger partial charge in [0, 0.05) is 50.3 Å². The van der Waals surface area contributed by atoms with E-state index in [-0.39, 0.29) is 33.2 Å². The lowest BCUT2D eigenvalue weighted by molar-refractivity contribution is 0.380. The van der Waals surface area contributed by atoms with Crippen molar-refractivity contribution < 1.29 is 0 Å². The molecule has 0 radical (unpaired) electrons. The van der Waals surface area contributed by atoms with Crippen LogP contribution in [0.4, 0.5) is 17.1 Å². The van der Waals surface area contributed by atoms with Gasteiger partial charge in [0.25, 0.3) is 0 Å². The summed E-state index contributed by atoms with van der Waals surface area (Å²) in [5.41, 5.74) is 3.84. The Morgan fingerprint density at radius 1 is 0.283 bits per heavy atom. The largest absolute Gasteiger partial charge is 0.362 e. The van der Waals surface area contributed by atoms with E-state index in [4.69, 9.17) is 0 Å². The van der Waals surface area contributed by atoms with Gasteiger partial charge in [0.1, 0.15) is 0 Å². The highest BCUT2D eigenvalue weighted by molar-refractivity contribution is 7.79. The molecule has 254 valence electrons. The highest BCUT2D eigenvalue weighted by Crippen LogP contribution is 2.39. The zero-order valence-corrected chi connectivity index (χ0v) is 33.6. The minimum absolute atomic E-state index is 0.00806. The van der Waals surface area contributed by atoms with Gasteiger partial charge < -0.3 is 14.7 Å². The van der Waals surface area contributed by atoms with Crippen LogP contribution in [0.3, 0.4) is 0 Å². The van der Waals surface area contributed by atoms with E-state index >= 15 is 0 Å². The molecule has 0 N–H and O–H groups in total. The molecule has 0 heterocycles. The van der Waals surface area contributed by atoms with Gasteiger partial charge in [-0.1, -0.05) is 36.4 Å². The van der Waals surface area contributed by atoms with Gasteiger partial charge in [-0.05, 0) is 185 Å². The van der Waals surface area contributed by atoms with Crippen molar-refractivity contribution in [3.8, 4) is 0 Å². The first-order valence-corrected chi connectivity index (χ1v) is 18.5. The Balaban J connectivity index is 2.19. The van der Waals surface area contributed by atoms with Crippen molar-refractivity contribution in [3.63, 3.8) is 0 Å². The monoisotopic (exact) mass is 643 g/mol. The topological polar surface area (TPSA) is 9.72 Å². The van der Waals surface area contributed by atoms with Crippen LogP contribution in [0.25, 0.3) is 0 Å². The normalized spacial score (nSPS) is 13.6. The zero-order chi connectivity index (χ0) is 35.3. The maximum atomic E-state index is 2.54. The molecule has 0 saturated heterocycles. The fraction of sp³-hybridized carbons (Fsp3) is 0.571. The van der Waals surface area contributed by atoms with Crippen LogP contribution in [0, 0.1) is 0 Å². The Bertz CT molecular complexity index is 1190. The summed E-state index contributed by atoms with van der Waals surface area (Å²) in [5.74, 6) is 0. The smallest absolute Gasteiger partial charge is 0.0375 e. The maximum Gasteiger partial charge on any atom is 0.0375 e. The van der Waals surface area contributed by atoms with E-state index < -0.39 is 7.92 Å². The summed E-state index contributed by atoms with van der Waals surface area (Å²) < 4.78 is 0. The predicted octanol–water partition coefficient (Wildman–Crippen LogP) is 10.7. The van der Waals surface area contributed by atoms with E-state index in [0.717, 1.165) is 0 Å². The van der Waals surface area contributed by atoms with Gasteiger partial charge in [-0.15, -0.1) is 0 Å². The number of rotatable bonds is 6. The van der Waals surface area contributed by atoms with Crippen LogP contribution in [0.5, 0.6) is 0 Å². The Labute approximate surface area is 285 Å². The molecule has 3 aromatic carbocycles. The van der Waals surface area contributed by atoms with Gasteiger partial charge in [-0.3, -0.25) is 0 Å². The van der Waals surface area contributed by atoms with Crippen molar-refractivity contribution >= 4 is 40.9 Å². The molecule has 0 aliphatic rings. The number of anilines is 3. The summed E-state index contributed by atoms with van der Waals surface area (Å²) in [6, 6.07) is 28.3.